The first-order valence-electron chi connectivity index (χ1n) is 7.53. The van der Waals surface area contributed by atoms with Crippen LogP contribution in [-0.4, -0.2) is 24.4 Å². The molecule has 0 aliphatic carbocycles. The van der Waals surface area contributed by atoms with E-state index in [2.05, 4.69) is 5.32 Å². The third-order valence-corrected chi connectivity index (χ3v) is 4.13. The molecule has 3 N–H and O–H groups in total. The molecule has 1 aliphatic heterocycles. The van der Waals surface area contributed by atoms with Crippen LogP contribution in [0, 0.1) is 5.41 Å². The fourth-order valence-corrected chi connectivity index (χ4v) is 2.33. The Morgan fingerprint density at radius 3 is 2.39 bits per heavy atom. The number of rotatable bonds is 3. The van der Waals surface area contributed by atoms with Crippen molar-refractivity contribution < 1.29 is 9.59 Å². The fourth-order valence-electron chi connectivity index (χ4n) is 2.20. The summed E-state index contributed by atoms with van der Waals surface area (Å²) in [4.78, 5) is 26.1. The quantitative estimate of drug-likeness (QED) is 0.832. The highest BCUT2D eigenvalue weighted by atomic mass is 35.5. The van der Waals surface area contributed by atoms with Gasteiger partial charge in [0, 0.05) is 34.4 Å². The van der Waals surface area contributed by atoms with Gasteiger partial charge in [-0.2, -0.15) is 0 Å². The molecule has 6 heteroatoms. The Balaban J connectivity index is 1.98. The summed E-state index contributed by atoms with van der Waals surface area (Å²) in [5.74, 6) is -0.792. The Kier molecular flexibility index (Phi) is 5.00. The molecule has 0 aromatic heterocycles. The SMILES string of the molecule is CC(C)(C)C(N)=CC(=O)NC(=O)[C@@H]1CCN1c1ccc(Cl)cc1. The third-order valence-electron chi connectivity index (χ3n) is 3.88. The minimum atomic E-state index is -0.481. The van der Waals surface area contributed by atoms with Crippen molar-refractivity contribution in [3.05, 3.63) is 41.1 Å². The van der Waals surface area contributed by atoms with Crippen molar-refractivity contribution >= 4 is 29.1 Å². The van der Waals surface area contributed by atoms with Crippen molar-refractivity contribution in [1.29, 1.82) is 0 Å². The highest BCUT2D eigenvalue weighted by Crippen LogP contribution is 2.27. The number of nitrogens with one attached hydrogen (secondary N) is 1. The number of benzene rings is 1. The predicted octanol–water partition coefficient (Wildman–Crippen LogP) is 2.45. The van der Waals surface area contributed by atoms with Crippen molar-refractivity contribution in [3.8, 4) is 0 Å². The Hall–Kier alpha value is -2.01. The van der Waals surface area contributed by atoms with E-state index in [0.29, 0.717) is 17.1 Å². The molecule has 0 bridgehead atoms. The molecule has 0 unspecified atom stereocenters. The van der Waals surface area contributed by atoms with Gasteiger partial charge < -0.3 is 10.6 Å². The van der Waals surface area contributed by atoms with Gasteiger partial charge in [-0.05, 0) is 30.7 Å². The second kappa shape index (κ2) is 6.62. The lowest BCUT2D eigenvalue weighted by Crippen LogP contribution is -2.57. The summed E-state index contributed by atoms with van der Waals surface area (Å²) >= 11 is 5.87. The number of imide groups is 1. The summed E-state index contributed by atoms with van der Waals surface area (Å²) < 4.78 is 0. The molecule has 1 aliphatic rings. The Bertz CT molecular complexity index is 632. The molecule has 124 valence electrons. The fraction of sp³-hybridized carbons (Fsp3) is 0.412. The first-order chi connectivity index (χ1) is 10.7. The van der Waals surface area contributed by atoms with Crippen LogP contribution in [0.4, 0.5) is 5.69 Å². The molecule has 5 nitrogen and oxygen atoms in total. The summed E-state index contributed by atoms with van der Waals surface area (Å²) in [5, 5.41) is 3.04. The van der Waals surface area contributed by atoms with Crippen LogP contribution in [0.1, 0.15) is 27.2 Å². The van der Waals surface area contributed by atoms with Crippen molar-refractivity contribution in [2.45, 2.75) is 33.2 Å². The van der Waals surface area contributed by atoms with Crippen LogP contribution in [0.3, 0.4) is 0 Å². The molecular weight excluding hydrogens is 314 g/mol. The lowest BCUT2D eigenvalue weighted by Gasteiger charge is -2.41. The van der Waals surface area contributed by atoms with Gasteiger partial charge >= 0.3 is 0 Å². The molecule has 1 aromatic rings. The van der Waals surface area contributed by atoms with Gasteiger partial charge in [0.25, 0.3) is 5.91 Å². The van der Waals surface area contributed by atoms with E-state index in [1.54, 1.807) is 12.1 Å². The number of nitrogens with zero attached hydrogens (tertiary/aromatic N) is 1. The number of anilines is 1. The van der Waals surface area contributed by atoms with Gasteiger partial charge in [0.05, 0.1) is 0 Å². The van der Waals surface area contributed by atoms with E-state index in [9.17, 15) is 9.59 Å². The molecule has 1 saturated heterocycles. The lowest BCUT2D eigenvalue weighted by molar-refractivity contribution is -0.129. The van der Waals surface area contributed by atoms with E-state index in [-0.39, 0.29) is 17.4 Å². The smallest absolute Gasteiger partial charge is 0.252 e. The van der Waals surface area contributed by atoms with Crippen molar-refractivity contribution in [1.82, 2.24) is 5.32 Å². The standard InChI is InChI=1S/C17H22ClN3O2/c1-17(2,3)14(19)10-15(22)20-16(23)13-8-9-21(13)12-6-4-11(18)5-7-12/h4-7,10,13H,8-9,19H2,1-3H3,(H,20,22,23)/t13-/m0/s1. The summed E-state index contributed by atoms with van der Waals surface area (Å²) in [6, 6.07) is 6.94. The number of allylic oxidation sites excluding steroid dienone is 1. The molecule has 1 atom stereocenters. The van der Waals surface area contributed by atoms with E-state index in [1.165, 1.54) is 6.08 Å². The summed E-state index contributed by atoms with van der Waals surface area (Å²) in [6.07, 6.45) is 1.99. The van der Waals surface area contributed by atoms with E-state index in [0.717, 1.165) is 12.2 Å². The zero-order valence-corrected chi connectivity index (χ0v) is 14.4. The van der Waals surface area contributed by atoms with E-state index >= 15 is 0 Å². The van der Waals surface area contributed by atoms with Crippen molar-refractivity contribution in [3.63, 3.8) is 0 Å². The largest absolute Gasteiger partial charge is 0.401 e. The topological polar surface area (TPSA) is 75.4 Å². The van der Waals surface area contributed by atoms with Crippen LogP contribution < -0.4 is 16.0 Å². The first-order valence-corrected chi connectivity index (χ1v) is 7.91. The van der Waals surface area contributed by atoms with Crippen LogP contribution in [0.25, 0.3) is 0 Å². The monoisotopic (exact) mass is 335 g/mol. The zero-order valence-electron chi connectivity index (χ0n) is 13.6. The van der Waals surface area contributed by atoms with Crippen LogP contribution in [0.2, 0.25) is 5.02 Å². The zero-order chi connectivity index (χ0) is 17.2. The van der Waals surface area contributed by atoms with Crippen molar-refractivity contribution in [2.24, 2.45) is 11.1 Å². The van der Waals surface area contributed by atoms with Crippen LogP contribution >= 0.6 is 11.6 Å². The molecule has 2 rings (SSSR count). The molecular formula is C17H22ClN3O2. The van der Waals surface area contributed by atoms with Gasteiger partial charge in [-0.15, -0.1) is 0 Å². The highest BCUT2D eigenvalue weighted by molar-refractivity contribution is 6.30. The number of hydrogen-bond acceptors (Lipinski definition) is 4. The Morgan fingerprint density at radius 2 is 1.91 bits per heavy atom. The van der Waals surface area contributed by atoms with Gasteiger partial charge in [0.15, 0.2) is 0 Å². The van der Waals surface area contributed by atoms with Crippen LogP contribution in [0.5, 0.6) is 0 Å². The van der Waals surface area contributed by atoms with Gasteiger partial charge in [0.2, 0.25) is 5.91 Å². The second-order valence-electron chi connectivity index (χ2n) is 6.68. The Morgan fingerprint density at radius 1 is 1.30 bits per heavy atom. The van der Waals surface area contributed by atoms with Gasteiger partial charge in [-0.3, -0.25) is 14.9 Å². The van der Waals surface area contributed by atoms with E-state index < -0.39 is 5.91 Å². The number of carbonyl (C=O) groups is 2. The van der Waals surface area contributed by atoms with Gasteiger partial charge in [0.1, 0.15) is 6.04 Å². The Labute approximate surface area is 141 Å². The highest BCUT2D eigenvalue weighted by Gasteiger charge is 2.34. The molecule has 0 saturated carbocycles. The molecule has 23 heavy (non-hydrogen) atoms. The minimum absolute atomic E-state index is 0.311. The number of nitrogens with two attached hydrogens (primary N) is 1. The van der Waals surface area contributed by atoms with Crippen molar-refractivity contribution in [2.75, 3.05) is 11.4 Å². The number of carbonyl (C=O) groups excluding carboxylic acids is 2. The van der Waals surface area contributed by atoms with E-state index in [4.69, 9.17) is 17.3 Å². The number of halogens is 1. The molecule has 1 fully saturated rings. The molecule has 0 spiro atoms. The van der Waals surface area contributed by atoms with Crippen LogP contribution in [-0.2, 0) is 9.59 Å². The third kappa shape index (κ3) is 4.26. The summed E-state index contributed by atoms with van der Waals surface area (Å²) in [5.41, 5.74) is 6.89. The lowest BCUT2D eigenvalue weighted by atomic mass is 9.92. The molecule has 0 radical (unpaired) electrons. The number of amides is 2. The predicted molar refractivity (Wildman–Crippen MR) is 92.1 cm³/mol. The van der Waals surface area contributed by atoms with Crippen LogP contribution in [0.15, 0.2) is 36.0 Å². The minimum Gasteiger partial charge on any atom is -0.401 e. The maximum absolute atomic E-state index is 12.2. The van der Waals surface area contributed by atoms with E-state index in [1.807, 2.05) is 37.8 Å². The molecule has 2 amide bonds. The average Bonchev–Trinajstić information content (AvgIpc) is 2.38. The second-order valence-corrected chi connectivity index (χ2v) is 7.11. The summed E-state index contributed by atoms with van der Waals surface area (Å²) in [6.45, 7) is 6.49. The molecule has 1 heterocycles. The summed E-state index contributed by atoms with van der Waals surface area (Å²) in [7, 11) is 0. The van der Waals surface area contributed by atoms with Gasteiger partial charge in [-0.1, -0.05) is 32.4 Å². The first kappa shape index (κ1) is 17.3. The average molecular weight is 336 g/mol. The normalized spacial score (nSPS) is 18.3. The molecule has 1 aromatic carbocycles. The van der Waals surface area contributed by atoms with Gasteiger partial charge in [-0.25, -0.2) is 0 Å². The number of hydrogen-bond donors (Lipinski definition) is 2. The maximum Gasteiger partial charge on any atom is 0.252 e. The maximum atomic E-state index is 12.2.